The lowest BCUT2D eigenvalue weighted by Gasteiger charge is -2.30. The molecule has 10 atom stereocenters. The number of rotatable bonds is 29. The molecular formula is C41H73N11O13. The summed E-state index contributed by atoms with van der Waals surface area (Å²) in [6.45, 7) is 16.9. The molecule has 0 heterocycles. The molecule has 24 nitrogen and oxygen atoms in total. The van der Waals surface area contributed by atoms with Gasteiger partial charge in [-0.15, -0.1) is 0 Å². The van der Waals surface area contributed by atoms with Crippen molar-refractivity contribution in [1.82, 2.24) is 42.5 Å². The van der Waals surface area contributed by atoms with E-state index < -0.39 is 137 Å². The van der Waals surface area contributed by atoms with Crippen molar-refractivity contribution in [3.8, 4) is 0 Å². The monoisotopic (exact) mass is 928 g/mol. The van der Waals surface area contributed by atoms with Crippen LogP contribution in [0, 0.1) is 23.7 Å². The molecule has 0 bridgehead atoms. The SMILES string of the molecule is CC(C)C[C@H](NC(=O)[C@@H](NC(=O)[C@@H](NC(=O)[C@H](CCC(N)=O)NC(=O)[C@H](C)NC(=O)[C@@H](NC(=O)[C@@H](N)C(C)C)[C@@H](C)O)C(C)C)C(C)C)C(=O)N[C@@H](CCC(N)=O)C(=O)N[C@@H](C)C(=O)O. The maximum atomic E-state index is 13.9. The smallest absolute Gasteiger partial charge is 0.325 e. The normalized spacial score (nSPS) is 16.0. The van der Waals surface area contributed by atoms with Gasteiger partial charge in [0.1, 0.15) is 48.3 Å². The van der Waals surface area contributed by atoms with Gasteiger partial charge in [-0.05, 0) is 63.7 Å². The summed E-state index contributed by atoms with van der Waals surface area (Å²) < 4.78 is 0. The molecule has 0 aliphatic heterocycles. The lowest BCUT2D eigenvalue weighted by molar-refractivity contribution is -0.142. The molecule has 0 spiro atoms. The van der Waals surface area contributed by atoms with Crippen LogP contribution in [0.4, 0.5) is 0 Å². The highest BCUT2D eigenvalue weighted by Crippen LogP contribution is 2.12. The van der Waals surface area contributed by atoms with E-state index in [1.54, 1.807) is 55.4 Å². The Balaban J connectivity index is 6.29. The fraction of sp³-hybridized carbons (Fsp3) is 0.732. The fourth-order valence-electron chi connectivity index (χ4n) is 5.91. The Hall–Kier alpha value is -5.91. The third kappa shape index (κ3) is 21.6. The fourth-order valence-corrected chi connectivity index (χ4v) is 5.91. The van der Waals surface area contributed by atoms with Crippen molar-refractivity contribution in [2.24, 2.45) is 40.9 Å². The van der Waals surface area contributed by atoms with Gasteiger partial charge in [0.2, 0.25) is 59.1 Å². The highest BCUT2D eigenvalue weighted by Gasteiger charge is 2.36. The maximum absolute atomic E-state index is 13.9. The molecule has 0 radical (unpaired) electrons. The van der Waals surface area contributed by atoms with E-state index in [2.05, 4.69) is 42.5 Å². The Morgan fingerprint density at radius 1 is 0.431 bits per heavy atom. The first-order valence-electron chi connectivity index (χ1n) is 21.6. The Labute approximate surface area is 379 Å². The molecule has 0 aromatic rings. The number of aliphatic carboxylic acids is 1. The summed E-state index contributed by atoms with van der Waals surface area (Å²) in [5, 5.41) is 39.0. The summed E-state index contributed by atoms with van der Waals surface area (Å²) >= 11 is 0. The van der Waals surface area contributed by atoms with E-state index in [4.69, 9.17) is 17.2 Å². The number of aliphatic hydroxyl groups excluding tert-OH is 1. The molecule has 0 unspecified atom stereocenters. The van der Waals surface area contributed by atoms with Crippen LogP contribution in [-0.2, 0) is 52.7 Å². The van der Waals surface area contributed by atoms with Crippen LogP contribution in [0.15, 0.2) is 0 Å². The van der Waals surface area contributed by atoms with Crippen LogP contribution in [0.1, 0.15) is 108 Å². The largest absolute Gasteiger partial charge is 0.480 e. The van der Waals surface area contributed by atoms with Crippen molar-refractivity contribution >= 4 is 65.0 Å². The third-order valence-corrected chi connectivity index (χ3v) is 10.0. The first-order valence-corrected chi connectivity index (χ1v) is 21.6. The maximum Gasteiger partial charge on any atom is 0.325 e. The number of amides is 10. The molecule has 0 saturated carbocycles. The second-order valence-corrected chi connectivity index (χ2v) is 17.6. The molecule has 370 valence electrons. The lowest BCUT2D eigenvalue weighted by Crippen LogP contribution is -2.62. The number of carbonyl (C=O) groups is 11. The third-order valence-electron chi connectivity index (χ3n) is 10.0. The van der Waals surface area contributed by atoms with Crippen LogP contribution in [0.3, 0.4) is 0 Å². The number of primary amides is 2. The van der Waals surface area contributed by atoms with Gasteiger partial charge < -0.3 is 69.9 Å². The summed E-state index contributed by atoms with van der Waals surface area (Å²) in [5.41, 5.74) is 16.4. The van der Waals surface area contributed by atoms with E-state index in [1.807, 2.05) is 0 Å². The molecule has 24 heteroatoms. The highest BCUT2D eigenvalue weighted by molar-refractivity contribution is 5.98. The van der Waals surface area contributed by atoms with Gasteiger partial charge in [0.25, 0.3) is 0 Å². The Morgan fingerprint density at radius 2 is 0.785 bits per heavy atom. The first-order chi connectivity index (χ1) is 29.9. The summed E-state index contributed by atoms with van der Waals surface area (Å²) in [4.78, 5) is 141. The van der Waals surface area contributed by atoms with Crippen molar-refractivity contribution in [2.75, 3.05) is 0 Å². The van der Waals surface area contributed by atoms with E-state index in [0.717, 1.165) is 0 Å². The molecule has 10 amide bonds. The van der Waals surface area contributed by atoms with E-state index >= 15 is 0 Å². The van der Waals surface area contributed by atoms with Gasteiger partial charge in [0.15, 0.2) is 0 Å². The quantitative estimate of drug-likeness (QED) is 0.0343. The Morgan fingerprint density at radius 3 is 1.18 bits per heavy atom. The van der Waals surface area contributed by atoms with E-state index in [-0.39, 0.29) is 43.9 Å². The summed E-state index contributed by atoms with van der Waals surface area (Å²) in [5.74, 6) is -11.6. The molecular weight excluding hydrogens is 855 g/mol. The number of nitrogens with two attached hydrogens (primary N) is 3. The molecule has 0 aromatic carbocycles. The predicted molar refractivity (Wildman–Crippen MR) is 235 cm³/mol. The van der Waals surface area contributed by atoms with Gasteiger partial charge in [-0.2, -0.15) is 0 Å². The standard InChI is InChI=1S/C41H73N11O13/c1-17(2)16-26(36(59)48-24(12-14-27(42)54)34(57)46-22(10)41(64)65)49-38(61)30(19(5)6)51-39(62)31(20(7)8)50-35(58)25(13-15-28(43)55)47-33(56)21(9)45-40(63)32(23(11)53)52-37(60)29(44)18(3)4/h17-26,29-32,53H,12-16,44H2,1-11H3,(H2,42,54)(H2,43,55)(H,45,63)(H,46,57)(H,47,56)(H,48,59)(H,49,61)(H,50,58)(H,51,62)(H,52,60)(H,64,65)/t21-,22-,23+,24-,25-,26-,29-,30-,31-,32-/m0/s1. The van der Waals surface area contributed by atoms with Gasteiger partial charge in [-0.3, -0.25) is 52.7 Å². The van der Waals surface area contributed by atoms with Crippen LogP contribution in [0.2, 0.25) is 0 Å². The minimum Gasteiger partial charge on any atom is -0.480 e. The van der Waals surface area contributed by atoms with E-state index in [0.29, 0.717) is 0 Å². The lowest BCUT2D eigenvalue weighted by atomic mass is 9.97. The van der Waals surface area contributed by atoms with Crippen LogP contribution < -0.4 is 59.7 Å². The van der Waals surface area contributed by atoms with Gasteiger partial charge in [0, 0.05) is 12.8 Å². The first kappa shape index (κ1) is 59.1. The van der Waals surface area contributed by atoms with Crippen molar-refractivity contribution in [3.05, 3.63) is 0 Å². The number of hydrogen-bond donors (Lipinski definition) is 13. The van der Waals surface area contributed by atoms with Crippen molar-refractivity contribution in [1.29, 1.82) is 0 Å². The van der Waals surface area contributed by atoms with Crippen molar-refractivity contribution < 1.29 is 63.0 Å². The molecule has 0 rings (SSSR count). The second-order valence-electron chi connectivity index (χ2n) is 17.6. The van der Waals surface area contributed by atoms with Crippen LogP contribution in [0.25, 0.3) is 0 Å². The number of nitrogens with one attached hydrogen (secondary N) is 8. The number of carboxylic acids is 1. The molecule has 0 saturated heterocycles. The van der Waals surface area contributed by atoms with Crippen LogP contribution in [0.5, 0.6) is 0 Å². The number of carbonyl (C=O) groups excluding carboxylic acids is 10. The molecule has 0 aromatic heterocycles. The topological polar surface area (TPSA) is 403 Å². The zero-order valence-corrected chi connectivity index (χ0v) is 39.2. The second kappa shape index (κ2) is 28.1. The van der Waals surface area contributed by atoms with Crippen LogP contribution >= 0.6 is 0 Å². The minimum absolute atomic E-state index is 0.0438. The molecule has 0 fully saturated rings. The van der Waals surface area contributed by atoms with Crippen molar-refractivity contribution in [3.63, 3.8) is 0 Å². The minimum atomic E-state index is -1.50. The average molecular weight is 928 g/mol. The van der Waals surface area contributed by atoms with Gasteiger partial charge in [-0.25, -0.2) is 0 Å². The van der Waals surface area contributed by atoms with Crippen molar-refractivity contribution in [2.45, 2.75) is 169 Å². The summed E-state index contributed by atoms with van der Waals surface area (Å²) in [7, 11) is 0. The molecule has 0 aliphatic carbocycles. The van der Waals surface area contributed by atoms with E-state index in [1.165, 1.54) is 20.8 Å². The zero-order valence-electron chi connectivity index (χ0n) is 39.2. The molecule has 0 aliphatic rings. The predicted octanol–water partition coefficient (Wildman–Crippen LogP) is -3.76. The summed E-state index contributed by atoms with van der Waals surface area (Å²) in [6.07, 6.45) is -2.70. The van der Waals surface area contributed by atoms with Gasteiger partial charge in [0.05, 0.1) is 12.1 Å². The number of hydrogen-bond acceptors (Lipinski definition) is 13. The average Bonchev–Trinajstić information content (AvgIpc) is 3.18. The zero-order chi connectivity index (χ0) is 50.6. The summed E-state index contributed by atoms with van der Waals surface area (Å²) in [6, 6.07) is -12.0. The number of aliphatic hydroxyl groups is 1. The van der Waals surface area contributed by atoms with Crippen LogP contribution in [-0.4, -0.2) is 136 Å². The molecule has 65 heavy (non-hydrogen) atoms. The van der Waals surface area contributed by atoms with Gasteiger partial charge >= 0.3 is 5.97 Å². The Bertz CT molecular complexity index is 1710. The highest BCUT2D eigenvalue weighted by atomic mass is 16.4. The number of carboxylic acid groups (broad SMARTS) is 1. The Kier molecular flexibility index (Phi) is 25.5. The van der Waals surface area contributed by atoms with Gasteiger partial charge in [-0.1, -0.05) is 55.4 Å². The molecule has 16 N–H and O–H groups in total. The van der Waals surface area contributed by atoms with E-state index in [9.17, 15) is 63.0 Å².